The van der Waals surface area contributed by atoms with Crippen LogP contribution in [-0.4, -0.2) is 36.0 Å². The smallest absolute Gasteiger partial charge is 0.0948 e. The number of ether oxygens (including phenoxy) is 1. The Hall–Kier alpha value is -0.120. The second-order valence-corrected chi connectivity index (χ2v) is 4.11. The van der Waals surface area contributed by atoms with Gasteiger partial charge in [0, 0.05) is 5.54 Å². The van der Waals surface area contributed by atoms with Crippen LogP contribution in [0.3, 0.4) is 0 Å². The molecule has 0 aromatic carbocycles. The van der Waals surface area contributed by atoms with E-state index in [4.69, 9.17) is 4.74 Å². The second kappa shape index (κ2) is 3.09. The largest absolute Gasteiger partial charge is 0.389 e. The van der Waals surface area contributed by atoms with Crippen LogP contribution < -0.4 is 5.32 Å². The number of hydrogen-bond donors (Lipinski definition) is 2. The Morgan fingerprint density at radius 1 is 1.36 bits per heavy atom. The lowest BCUT2D eigenvalue weighted by molar-refractivity contribution is 0.119. The zero-order chi connectivity index (χ0) is 8.48. The van der Waals surface area contributed by atoms with Crippen molar-refractivity contribution in [2.75, 3.05) is 13.2 Å². The quantitative estimate of drug-likeness (QED) is 0.571. The highest BCUT2D eigenvalue weighted by molar-refractivity contribution is 4.86. The average Bonchev–Trinajstić information content (AvgIpc) is 2.12. The van der Waals surface area contributed by atoms with Gasteiger partial charge >= 0.3 is 0 Å². The van der Waals surface area contributed by atoms with E-state index in [9.17, 15) is 5.11 Å². The number of nitrogens with one attached hydrogen (secondary N) is 1. The standard InChI is InChI=1S/C8H17NO2/c1-8(2,3)9-6-4-11-5-7(6)10/h6-7,9-10H,4-5H2,1-3H3. The highest BCUT2D eigenvalue weighted by atomic mass is 16.5. The summed E-state index contributed by atoms with van der Waals surface area (Å²) in [5.41, 5.74) is 0.0549. The molecule has 1 aliphatic rings. The number of aliphatic hydroxyl groups is 1. The van der Waals surface area contributed by atoms with Crippen molar-refractivity contribution in [2.24, 2.45) is 0 Å². The maximum atomic E-state index is 9.36. The number of aliphatic hydroxyl groups excluding tert-OH is 1. The predicted molar refractivity (Wildman–Crippen MR) is 43.5 cm³/mol. The SMILES string of the molecule is CC(C)(C)NC1COCC1O. The summed E-state index contributed by atoms with van der Waals surface area (Å²) in [6, 6.07) is 0.106. The molecule has 0 aromatic rings. The van der Waals surface area contributed by atoms with Gasteiger partial charge in [-0.25, -0.2) is 0 Å². The van der Waals surface area contributed by atoms with Crippen LogP contribution in [-0.2, 0) is 4.74 Å². The molecular weight excluding hydrogens is 142 g/mol. The lowest BCUT2D eigenvalue weighted by Gasteiger charge is -2.26. The molecule has 3 nitrogen and oxygen atoms in total. The Morgan fingerprint density at radius 3 is 2.36 bits per heavy atom. The molecule has 1 rings (SSSR count). The molecule has 0 bridgehead atoms. The third-order valence-electron chi connectivity index (χ3n) is 1.67. The fraction of sp³-hybridized carbons (Fsp3) is 1.00. The maximum Gasteiger partial charge on any atom is 0.0948 e. The molecule has 2 unspecified atom stereocenters. The third-order valence-corrected chi connectivity index (χ3v) is 1.67. The molecule has 1 fully saturated rings. The van der Waals surface area contributed by atoms with Gasteiger partial charge in [-0.05, 0) is 20.8 Å². The second-order valence-electron chi connectivity index (χ2n) is 4.11. The van der Waals surface area contributed by atoms with Crippen molar-refractivity contribution in [3.63, 3.8) is 0 Å². The summed E-state index contributed by atoms with van der Waals surface area (Å²) in [5, 5.41) is 12.7. The first-order chi connectivity index (χ1) is 4.99. The van der Waals surface area contributed by atoms with Gasteiger partial charge in [-0.3, -0.25) is 0 Å². The van der Waals surface area contributed by atoms with E-state index in [0.29, 0.717) is 13.2 Å². The Balaban J connectivity index is 2.37. The minimum absolute atomic E-state index is 0.0549. The van der Waals surface area contributed by atoms with Crippen molar-refractivity contribution in [1.29, 1.82) is 0 Å². The minimum atomic E-state index is -0.339. The van der Waals surface area contributed by atoms with E-state index in [1.165, 1.54) is 0 Å². The Labute approximate surface area is 67.7 Å². The Bertz CT molecular complexity index is 131. The molecule has 3 heteroatoms. The van der Waals surface area contributed by atoms with E-state index in [2.05, 4.69) is 26.1 Å². The molecule has 0 spiro atoms. The van der Waals surface area contributed by atoms with Crippen LogP contribution in [0.1, 0.15) is 20.8 Å². The maximum absolute atomic E-state index is 9.36. The highest BCUT2D eigenvalue weighted by Gasteiger charge is 2.28. The molecule has 11 heavy (non-hydrogen) atoms. The Kier molecular flexibility index (Phi) is 2.52. The highest BCUT2D eigenvalue weighted by Crippen LogP contribution is 2.09. The van der Waals surface area contributed by atoms with Crippen molar-refractivity contribution in [3.05, 3.63) is 0 Å². The van der Waals surface area contributed by atoms with E-state index in [0.717, 1.165) is 0 Å². The molecule has 2 atom stereocenters. The molecule has 0 saturated carbocycles. The fourth-order valence-corrected chi connectivity index (χ4v) is 1.24. The van der Waals surface area contributed by atoms with E-state index in [-0.39, 0.29) is 17.7 Å². The molecule has 2 N–H and O–H groups in total. The van der Waals surface area contributed by atoms with Crippen LogP contribution in [0.2, 0.25) is 0 Å². The van der Waals surface area contributed by atoms with Gasteiger partial charge in [0.1, 0.15) is 0 Å². The van der Waals surface area contributed by atoms with Gasteiger partial charge in [-0.1, -0.05) is 0 Å². The lowest BCUT2D eigenvalue weighted by Crippen LogP contribution is -2.48. The van der Waals surface area contributed by atoms with Gasteiger partial charge in [-0.2, -0.15) is 0 Å². The van der Waals surface area contributed by atoms with Gasteiger partial charge in [-0.15, -0.1) is 0 Å². The van der Waals surface area contributed by atoms with Crippen LogP contribution in [0.5, 0.6) is 0 Å². The van der Waals surface area contributed by atoms with Gasteiger partial charge in [0.15, 0.2) is 0 Å². The van der Waals surface area contributed by atoms with Crippen LogP contribution in [0.4, 0.5) is 0 Å². The summed E-state index contributed by atoms with van der Waals surface area (Å²) in [4.78, 5) is 0. The van der Waals surface area contributed by atoms with Crippen LogP contribution in [0.25, 0.3) is 0 Å². The van der Waals surface area contributed by atoms with Crippen molar-refractivity contribution in [2.45, 2.75) is 38.5 Å². The van der Waals surface area contributed by atoms with Gasteiger partial charge in [0.25, 0.3) is 0 Å². The summed E-state index contributed by atoms with van der Waals surface area (Å²) in [7, 11) is 0. The van der Waals surface area contributed by atoms with E-state index >= 15 is 0 Å². The molecule has 1 saturated heterocycles. The van der Waals surface area contributed by atoms with Crippen molar-refractivity contribution in [3.8, 4) is 0 Å². The molecule has 0 amide bonds. The average molecular weight is 159 g/mol. The summed E-state index contributed by atoms with van der Waals surface area (Å²) in [6.07, 6.45) is -0.339. The van der Waals surface area contributed by atoms with Crippen LogP contribution >= 0.6 is 0 Å². The summed E-state index contributed by atoms with van der Waals surface area (Å²) >= 11 is 0. The van der Waals surface area contributed by atoms with Crippen LogP contribution in [0.15, 0.2) is 0 Å². The Morgan fingerprint density at radius 2 is 2.00 bits per heavy atom. The molecule has 1 heterocycles. The van der Waals surface area contributed by atoms with Gasteiger partial charge in [0.05, 0.1) is 25.4 Å². The first-order valence-electron chi connectivity index (χ1n) is 4.02. The fourth-order valence-electron chi connectivity index (χ4n) is 1.24. The van der Waals surface area contributed by atoms with Gasteiger partial charge < -0.3 is 15.2 Å². The van der Waals surface area contributed by atoms with Gasteiger partial charge in [0.2, 0.25) is 0 Å². The predicted octanol–water partition coefficient (Wildman–Crippen LogP) is 0.134. The summed E-state index contributed by atoms with van der Waals surface area (Å²) in [5.74, 6) is 0. The summed E-state index contributed by atoms with van der Waals surface area (Å²) < 4.78 is 5.10. The molecule has 66 valence electrons. The number of hydrogen-bond acceptors (Lipinski definition) is 3. The molecule has 0 radical (unpaired) electrons. The molecular formula is C8H17NO2. The zero-order valence-electron chi connectivity index (χ0n) is 7.42. The summed E-state index contributed by atoms with van der Waals surface area (Å²) in [6.45, 7) is 7.33. The van der Waals surface area contributed by atoms with Crippen molar-refractivity contribution in [1.82, 2.24) is 5.32 Å². The van der Waals surface area contributed by atoms with E-state index < -0.39 is 0 Å². The van der Waals surface area contributed by atoms with Crippen molar-refractivity contribution < 1.29 is 9.84 Å². The van der Waals surface area contributed by atoms with Crippen molar-refractivity contribution >= 4 is 0 Å². The first-order valence-corrected chi connectivity index (χ1v) is 4.02. The monoisotopic (exact) mass is 159 g/mol. The first kappa shape index (κ1) is 8.97. The molecule has 0 aliphatic carbocycles. The third kappa shape index (κ3) is 2.77. The van der Waals surface area contributed by atoms with E-state index in [1.54, 1.807) is 0 Å². The normalized spacial score (nSPS) is 32.7. The lowest BCUT2D eigenvalue weighted by atomic mass is 10.1. The molecule has 0 aromatic heterocycles. The van der Waals surface area contributed by atoms with Crippen LogP contribution in [0, 0.1) is 0 Å². The molecule has 1 aliphatic heterocycles. The topological polar surface area (TPSA) is 41.5 Å². The number of rotatable bonds is 1. The minimum Gasteiger partial charge on any atom is -0.389 e. The van der Waals surface area contributed by atoms with E-state index in [1.807, 2.05) is 0 Å². The zero-order valence-corrected chi connectivity index (χ0v) is 7.42.